The zero-order valence-electron chi connectivity index (χ0n) is 12.0. The SMILES string of the molecule is O=C(O)CC1CCCCN1S(=O)(=O)CCC1CCCC1. The molecule has 1 heterocycles. The number of rotatable bonds is 6. The summed E-state index contributed by atoms with van der Waals surface area (Å²) < 4.78 is 26.4. The highest BCUT2D eigenvalue weighted by Gasteiger charge is 2.33. The number of hydrogen-bond donors (Lipinski definition) is 1. The molecule has 1 aliphatic carbocycles. The number of piperidine rings is 1. The van der Waals surface area contributed by atoms with Crippen LogP contribution in [0.2, 0.25) is 0 Å². The normalized spacial score (nSPS) is 25.9. The Kier molecular flexibility index (Phi) is 5.43. The molecule has 6 heteroatoms. The summed E-state index contributed by atoms with van der Waals surface area (Å²) in [7, 11) is -3.30. The van der Waals surface area contributed by atoms with Gasteiger partial charge in [0.2, 0.25) is 10.0 Å². The Morgan fingerprint density at radius 1 is 1.10 bits per heavy atom. The molecular weight excluding hydrogens is 278 g/mol. The van der Waals surface area contributed by atoms with Crippen LogP contribution in [-0.4, -0.2) is 42.1 Å². The summed E-state index contributed by atoms with van der Waals surface area (Å²) in [6.45, 7) is 0.491. The van der Waals surface area contributed by atoms with Gasteiger partial charge in [0.1, 0.15) is 0 Å². The lowest BCUT2D eigenvalue weighted by Crippen LogP contribution is -2.45. The molecule has 2 rings (SSSR count). The molecule has 0 spiro atoms. The number of carbonyl (C=O) groups is 1. The molecule has 1 saturated carbocycles. The van der Waals surface area contributed by atoms with Crippen molar-refractivity contribution in [1.82, 2.24) is 4.31 Å². The number of aliphatic carboxylic acids is 1. The first-order chi connectivity index (χ1) is 9.49. The van der Waals surface area contributed by atoms with Crippen LogP contribution in [-0.2, 0) is 14.8 Å². The van der Waals surface area contributed by atoms with Crippen molar-refractivity contribution in [3.8, 4) is 0 Å². The van der Waals surface area contributed by atoms with Gasteiger partial charge in [0.15, 0.2) is 0 Å². The lowest BCUT2D eigenvalue weighted by Gasteiger charge is -2.34. The largest absolute Gasteiger partial charge is 0.481 e. The molecule has 0 bridgehead atoms. The lowest BCUT2D eigenvalue weighted by atomic mass is 10.0. The van der Waals surface area contributed by atoms with Crippen molar-refractivity contribution in [3.63, 3.8) is 0 Å². The van der Waals surface area contributed by atoms with Gasteiger partial charge in [0.25, 0.3) is 0 Å². The van der Waals surface area contributed by atoms with Crippen molar-refractivity contribution in [3.05, 3.63) is 0 Å². The molecular formula is C14H25NO4S. The highest BCUT2D eigenvalue weighted by atomic mass is 32.2. The molecule has 20 heavy (non-hydrogen) atoms. The molecule has 1 saturated heterocycles. The standard InChI is InChI=1S/C14H25NO4S/c16-14(17)11-13-7-3-4-9-15(13)20(18,19)10-8-12-5-1-2-6-12/h12-13H,1-11H2,(H,16,17). The van der Waals surface area contributed by atoms with Crippen LogP contribution in [0.25, 0.3) is 0 Å². The van der Waals surface area contributed by atoms with Crippen molar-refractivity contribution >= 4 is 16.0 Å². The number of sulfonamides is 1. The van der Waals surface area contributed by atoms with E-state index in [9.17, 15) is 13.2 Å². The van der Waals surface area contributed by atoms with E-state index in [1.54, 1.807) is 0 Å². The third-order valence-corrected chi connectivity index (χ3v) is 6.55. The van der Waals surface area contributed by atoms with E-state index in [0.717, 1.165) is 32.1 Å². The van der Waals surface area contributed by atoms with Gasteiger partial charge in [-0.1, -0.05) is 32.1 Å². The summed E-state index contributed by atoms with van der Waals surface area (Å²) in [5.41, 5.74) is 0. The first-order valence-electron chi connectivity index (χ1n) is 7.70. The van der Waals surface area contributed by atoms with Crippen LogP contribution in [0.5, 0.6) is 0 Å². The van der Waals surface area contributed by atoms with Crippen LogP contribution in [0.1, 0.15) is 57.8 Å². The minimum Gasteiger partial charge on any atom is -0.481 e. The average molecular weight is 303 g/mol. The summed E-state index contributed by atoms with van der Waals surface area (Å²) in [4.78, 5) is 10.9. The Balaban J connectivity index is 1.95. The summed E-state index contributed by atoms with van der Waals surface area (Å²) in [5.74, 6) is -0.172. The van der Waals surface area contributed by atoms with Crippen LogP contribution in [0, 0.1) is 5.92 Å². The third-order valence-electron chi connectivity index (χ3n) is 4.60. The van der Waals surface area contributed by atoms with E-state index in [1.807, 2.05) is 0 Å². The smallest absolute Gasteiger partial charge is 0.304 e. The van der Waals surface area contributed by atoms with Gasteiger partial charge in [0.05, 0.1) is 12.2 Å². The average Bonchev–Trinajstić information content (AvgIpc) is 2.89. The van der Waals surface area contributed by atoms with E-state index in [0.29, 0.717) is 18.9 Å². The fraction of sp³-hybridized carbons (Fsp3) is 0.929. The van der Waals surface area contributed by atoms with Gasteiger partial charge in [-0.05, 0) is 25.2 Å². The fourth-order valence-corrected chi connectivity index (χ4v) is 5.38. The van der Waals surface area contributed by atoms with E-state index in [1.165, 1.54) is 17.1 Å². The van der Waals surface area contributed by atoms with Crippen LogP contribution in [0.15, 0.2) is 0 Å². The molecule has 0 amide bonds. The fourth-order valence-electron chi connectivity index (χ4n) is 3.48. The molecule has 1 unspecified atom stereocenters. The quantitative estimate of drug-likeness (QED) is 0.816. The Bertz CT molecular complexity index is 428. The summed E-state index contributed by atoms with van der Waals surface area (Å²) in [6.07, 6.45) is 7.84. The maximum Gasteiger partial charge on any atom is 0.304 e. The number of carboxylic acids is 1. The molecule has 0 radical (unpaired) electrons. The van der Waals surface area contributed by atoms with E-state index in [-0.39, 0.29) is 18.2 Å². The second-order valence-electron chi connectivity index (χ2n) is 6.11. The predicted molar refractivity (Wildman–Crippen MR) is 77.0 cm³/mol. The van der Waals surface area contributed by atoms with Gasteiger partial charge in [0, 0.05) is 12.6 Å². The number of hydrogen-bond acceptors (Lipinski definition) is 3. The highest BCUT2D eigenvalue weighted by molar-refractivity contribution is 7.89. The van der Waals surface area contributed by atoms with Crippen molar-refractivity contribution in [2.75, 3.05) is 12.3 Å². The molecule has 2 fully saturated rings. The second-order valence-corrected chi connectivity index (χ2v) is 8.15. The Morgan fingerprint density at radius 3 is 2.40 bits per heavy atom. The molecule has 0 aromatic carbocycles. The van der Waals surface area contributed by atoms with Gasteiger partial charge in [-0.15, -0.1) is 0 Å². The Hall–Kier alpha value is -0.620. The Labute approximate surface area is 121 Å². The molecule has 1 aliphatic heterocycles. The van der Waals surface area contributed by atoms with Gasteiger partial charge in [-0.3, -0.25) is 4.79 Å². The predicted octanol–water partition coefficient (Wildman–Crippen LogP) is 2.23. The first kappa shape index (κ1) is 15.8. The minimum absolute atomic E-state index is 0.0668. The van der Waals surface area contributed by atoms with E-state index in [2.05, 4.69) is 0 Å². The maximum absolute atomic E-state index is 12.5. The second kappa shape index (κ2) is 6.89. The molecule has 1 N–H and O–H groups in total. The van der Waals surface area contributed by atoms with Gasteiger partial charge >= 0.3 is 5.97 Å². The van der Waals surface area contributed by atoms with Crippen molar-refractivity contribution in [1.29, 1.82) is 0 Å². The van der Waals surface area contributed by atoms with Crippen LogP contribution < -0.4 is 0 Å². The van der Waals surface area contributed by atoms with E-state index in [4.69, 9.17) is 5.11 Å². The summed E-state index contributed by atoms with van der Waals surface area (Å²) in [5, 5.41) is 8.93. The summed E-state index contributed by atoms with van der Waals surface area (Å²) >= 11 is 0. The third kappa shape index (κ3) is 4.19. The number of nitrogens with zero attached hydrogens (tertiary/aromatic N) is 1. The molecule has 2 aliphatic rings. The maximum atomic E-state index is 12.5. The highest BCUT2D eigenvalue weighted by Crippen LogP contribution is 2.29. The summed E-state index contributed by atoms with van der Waals surface area (Å²) in [6, 6.07) is -0.338. The van der Waals surface area contributed by atoms with E-state index >= 15 is 0 Å². The van der Waals surface area contributed by atoms with Crippen LogP contribution >= 0.6 is 0 Å². The molecule has 0 aromatic heterocycles. The van der Waals surface area contributed by atoms with Crippen LogP contribution in [0.3, 0.4) is 0 Å². The monoisotopic (exact) mass is 303 g/mol. The molecule has 5 nitrogen and oxygen atoms in total. The number of carboxylic acid groups (broad SMARTS) is 1. The van der Waals surface area contributed by atoms with E-state index < -0.39 is 16.0 Å². The minimum atomic E-state index is -3.30. The molecule has 0 aromatic rings. The topological polar surface area (TPSA) is 74.7 Å². The van der Waals surface area contributed by atoms with Gasteiger partial charge in [-0.2, -0.15) is 4.31 Å². The molecule has 116 valence electrons. The first-order valence-corrected chi connectivity index (χ1v) is 9.31. The lowest BCUT2D eigenvalue weighted by molar-refractivity contribution is -0.138. The van der Waals surface area contributed by atoms with Crippen molar-refractivity contribution < 1.29 is 18.3 Å². The van der Waals surface area contributed by atoms with Gasteiger partial charge in [-0.25, -0.2) is 8.42 Å². The zero-order valence-corrected chi connectivity index (χ0v) is 12.8. The Morgan fingerprint density at radius 2 is 1.75 bits per heavy atom. The van der Waals surface area contributed by atoms with Gasteiger partial charge < -0.3 is 5.11 Å². The molecule has 1 atom stereocenters. The van der Waals surface area contributed by atoms with Crippen molar-refractivity contribution in [2.24, 2.45) is 5.92 Å². The van der Waals surface area contributed by atoms with Crippen LogP contribution in [0.4, 0.5) is 0 Å². The van der Waals surface area contributed by atoms with Crippen molar-refractivity contribution in [2.45, 2.75) is 63.8 Å². The zero-order chi connectivity index (χ0) is 14.6.